The third-order valence-electron chi connectivity index (χ3n) is 7.21. The van der Waals surface area contributed by atoms with E-state index in [0.717, 1.165) is 5.56 Å². The number of halogens is 1. The monoisotopic (exact) mass is 516 g/mol. The van der Waals surface area contributed by atoms with E-state index in [9.17, 15) is 23.6 Å². The van der Waals surface area contributed by atoms with Crippen LogP contribution in [-0.4, -0.2) is 71.7 Å². The van der Waals surface area contributed by atoms with E-state index in [1.165, 1.54) is 15.9 Å². The Labute approximate surface area is 219 Å². The summed E-state index contributed by atoms with van der Waals surface area (Å²) in [6.07, 6.45) is 3.34. The number of nitrogens with zero attached hydrogens (tertiary/aromatic N) is 2. The average Bonchev–Trinajstić information content (AvgIpc) is 3.34. The van der Waals surface area contributed by atoms with Crippen molar-refractivity contribution in [1.82, 2.24) is 20.4 Å². The summed E-state index contributed by atoms with van der Waals surface area (Å²) in [5, 5.41) is 5.91. The lowest BCUT2D eigenvalue weighted by Gasteiger charge is -2.32. The van der Waals surface area contributed by atoms with Crippen molar-refractivity contribution >= 4 is 23.6 Å². The average molecular weight is 517 g/mol. The molecule has 2 aliphatic rings. The fourth-order valence-corrected chi connectivity index (χ4v) is 4.84. The maximum atomic E-state index is 14.7. The van der Waals surface area contributed by atoms with Gasteiger partial charge in [0.05, 0.1) is 12.1 Å². The first-order chi connectivity index (χ1) is 17.6. The first-order valence-electron chi connectivity index (χ1n) is 13.5. The van der Waals surface area contributed by atoms with E-state index in [2.05, 4.69) is 10.6 Å². The molecule has 204 valence electrons. The van der Waals surface area contributed by atoms with Gasteiger partial charge < -0.3 is 20.4 Å². The quantitative estimate of drug-likeness (QED) is 0.643. The second kappa shape index (κ2) is 13.0. The van der Waals surface area contributed by atoms with Gasteiger partial charge in [-0.3, -0.25) is 19.2 Å². The number of hydrogen-bond acceptors (Lipinski definition) is 4. The fourth-order valence-electron chi connectivity index (χ4n) is 4.84. The molecule has 37 heavy (non-hydrogen) atoms. The van der Waals surface area contributed by atoms with Gasteiger partial charge in [0.25, 0.3) is 5.91 Å². The molecule has 0 radical (unpaired) electrons. The molecular formula is C28H41FN4O4. The lowest BCUT2D eigenvalue weighted by molar-refractivity contribution is -0.137. The van der Waals surface area contributed by atoms with Crippen LogP contribution in [0.25, 0.3) is 0 Å². The van der Waals surface area contributed by atoms with Crippen molar-refractivity contribution in [1.29, 1.82) is 0 Å². The molecule has 2 N–H and O–H groups in total. The number of carbonyl (C=O) groups is 4. The van der Waals surface area contributed by atoms with Gasteiger partial charge in [0.2, 0.25) is 17.7 Å². The SMILES string of the molecule is CC(C)CCC(=O)N1CC(=O)NCCCc2ccc(F)c(c2)C(=O)N2CCC[C@H]2C(=O)N[C@H](C(C)C)C1. The zero-order valence-electron chi connectivity index (χ0n) is 22.5. The summed E-state index contributed by atoms with van der Waals surface area (Å²) < 4.78 is 14.7. The number of carbonyl (C=O) groups excluding carboxylic acids is 4. The molecule has 1 fully saturated rings. The predicted octanol–water partition coefficient (Wildman–Crippen LogP) is 2.90. The molecule has 1 aromatic carbocycles. The number of nitrogens with one attached hydrogen (secondary N) is 2. The van der Waals surface area contributed by atoms with Crippen molar-refractivity contribution in [2.75, 3.05) is 26.2 Å². The van der Waals surface area contributed by atoms with Gasteiger partial charge in [0.15, 0.2) is 0 Å². The van der Waals surface area contributed by atoms with Crippen molar-refractivity contribution in [3.05, 3.63) is 35.1 Å². The van der Waals surface area contributed by atoms with Crippen LogP contribution in [0.15, 0.2) is 18.2 Å². The van der Waals surface area contributed by atoms with Gasteiger partial charge in [-0.2, -0.15) is 0 Å². The van der Waals surface area contributed by atoms with E-state index in [-0.39, 0.29) is 42.3 Å². The van der Waals surface area contributed by atoms with Crippen LogP contribution in [0.5, 0.6) is 0 Å². The number of amides is 4. The molecule has 1 saturated heterocycles. The van der Waals surface area contributed by atoms with Crippen LogP contribution in [-0.2, 0) is 20.8 Å². The lowest BCUT2D eigenvalue weighted by Crippen LogP contribution is -2.54. The molecule has 0 spiro atoms. The smallest absolute Gasteiger partial charge is 0.257 e. The Kier molecular flexibility index (Phi) is 10.1. The summed E-state index contributed by atoms with van der Waals surface area (Å²) in [6, 6.07) is 3.36. The second-order valence-electron chi connectivity index (χ2n) is 11.0. The Hall–Kier alpha value is -2.97. The number of benzene rings is 1. The highest BCUT2D eigenvalue weighted by molar-refractivity contribution is 5.98. The third-order valence-corrected chi connectivity index (χ3v) is 7.21. The van der Waals surface area contributed by atoms with E-state index >= 15 is 0 Å². The van der Waals surface area contributed by atoms with Crippen LogP contribution in [0, 0.1) is 17.7 Å². The van der Waals surface area contributed by atoms with Crippen LogP contribution in [0.2, 0.25) is 0 Å². The molecular weight excluding hydrogens is 475 g/mol. The van der Waals surface area contributed by atoms with Crippen molar-refractivity contribution in [3.8, 4) is 0 Å². The van der Waals surface area contributed by atoms with E-state index < -0.39 is 23.8 Å². The highest BCUT2D eigenvalue weighted by Crippen LogP contribution is 2.23. The van der Waals surface area contributed by atoms with Crippen LogP contribution < -0.4 is 10.6 Å². The summed E-state index contributed by atoms with van der Waals surface area (Å²) in [5.41, 5.74) is 0.752. The highest BCUT2D eigenvalue weighted by Gasteiger charge is 2.37. The van der Waals surface area contributed by atoms with Crippen molar-refractivity contribution < 1.29 is 23.6 Å². The normalized spacial score (nSPS) is 22.1. The predicted molar refractivity (Wildman–Crippen MR) is 139 cm³/mol. The Morgan fingerprint density at radius 1 is 1.14 bits per heavy atom. The van der Waals surface area contributed by atoms with Gasteiger partial charge >= 0.3 is 0 Å². The van der Waals surface area contributed by atoms with Gasteiger partial charge in [0.1, 0.15) is 11.9 Å². The molecule has 4 amide bonds. The molecule has 2 bridgehead atoms. The van der Waals surface area contributed by atoms with Gasteiger partial charge in [-0.15, -0.1) is 0 Å². The molecule has 0 saturated carbocycles. The Balaban J connectivity index is 1.90. The molecule has 0 aliphatic carbocycles. The molecule has 1 aromatic rings. The van der Waals surface area contributed by atoms with E-state index in [1.54, 1.807) is 12.1 Å². The number of fused-ring (bicyclic) bond motifs is 3. The van der Waals surface area contributed by atoms with Crippen LogP contribution in [0.3, 0.4) is 0 Å². The molecule has 2 aliphatic heterocycles. The minimum Gasteiger partial charge on any atom is -0.355 e. The zero-order valence-corrected chi connectivity index (χ0v) is 22.5. The molecule has 0 unspecified atom stereocenters. The number of hydrogen-bond donors (Lipinski definition) is 2. The Morgan fingerprint density at radius 3 is 2.59 bits per heavy atom. The van der Waals surface area contributed by atoms with E-state index in [1.807, 2.05) is 27.7 Å². The summed E-state index contributed by atoms with van der Waals surface area (Å²) in [6.45, 7) is 8.88. The largest absolute Gasteiger partial charge is 0.355 e. The summed E-state index contributed by atoms with van der Waals surface area (Å²) in [4.78, 5) is 55.6. The second-order valence-corrected chi connectivity index (χ2v) is 11.0. The molecule has 2 heterocycles. The molecule has 2 atom stereocenters. The fraction of sp³-hybridized carbons (Fsp3) is 0.643. The summed E-state index contributed by atoms with van der Waals surface area (Å²) in [7, 11) is 0. The van der Waals surface area contributed by atoms with Gasteiger partial charge in [-0.25, -0.2) is 4.39 Å². The zero-order chi connectivity index (χ0) is 27.1. The van der Waals surface area contributed by atoms with Gasteiger partial charge in [-0.05, 0) is 61.6 Å². The van der Waals surface area contributed by atoms with Gasteiger partial charge in [0, 0.05) is 32.1 Å². The van der Waals surface area contributed by atoms with Crippen molar-refractivity contribution in [2.24, 2.45) is 11.8 Å². The first-order valence-corrected chi connectivity index (χ1v) is 13.5. The minimum atomic E-state index is -0.708. The topological polar surface area (TPSA) is 98.8 Å². The standard InChI is InChI=1S/C28H41FN4O4/c1-18(2)9-12-26(35)32-16-23(19(3)4)31-27(36)24-8-6-14-33(24)28(37)21-15-20(10-11-22(21)29)7-5-13-30-25(34)17-32/h10-11,15,18-19,23-24H,5-9,12-14,16-17H2,1-4H3,(H,30,34)(H,31,36)/t23-,24-/m0/s1. The Morgan fingerprint density at radius 2 is 1.89 bits per heavy atom. The van der Waals surface area contributed by atoms with Gasteiger partial charge in [-0.1, -0.05) is 33.8 Å². The van der Waals surface area contributed by atoms with Crippen LogP contribution in [0.1, 0.15) is 75.7 Å². The van der Waals surface area contributed by atoms with E-state index in [0.29, 0.717) is 57.5 Å². The maximum Gasteiger partial charge on any atom is 0.257 e. The molecule has 8 nitrogen and oxygen atoms in total. The first kappa shape index (κ1) is 28.6. The van der Waals surface area contributed by atoms with E-state index in [4.69, 9.17) is 0 Å². The van der Waals surface area contributed by atoms with Crippen LogP contribution >= 0.6 is 0 Å². The summed E-state index contributed by atoms with van der Waals surface area (Å²) in [5.74, 6) is -1.45. The third kappa shape index (κ3) is 7.76. The van der Waals surface area contributed by atoms with Crippen LogP contribution in [0.4, 0.5) is 4.39 Å². The Bertz CT molecular complexity index is 996. The maximum absolute atomic E-state index is 14.7. The molecule has 0 aromatic heterocycles. The minimum absolute atomic E-state index is 0.0193. The number of rotatable bonds is 4. The lowest BCUT2D eigenvalue weighted by atomic mass is 10.0. The summed E-state index contributed by atoms with van der Waals surface area (Å²) >= 11 is 0. The molecule has 9 heteroatoms. The molecule has 3 rings (SSSR count). The highest BCUT2D eigenvalue weighted by atomic mass is 19.1. The number of aryl methyl sites for hydroxylation is 1. The van der Waals surface area contributed by atoms with Crippen molar-refractivity contribution in [3.63, 3.8) is 0 Å². The van der Waals surface area contributed by atoms with Crippen molar-refractivity contribution in [2.45, 2.75) is 78.3 Å².